The summed E-state index contributed by atoms with van der Waals surface area (Å²) in [5.41, 5.74) is 1.14. The summed E-state index contributed by atoms with van der Waals surface area (Å²) >= 11 is 7.35. The van der Waals surface area contributed by atoms with Crippen LogP contribution in [0.3, 0.4) is 0 Å². The zero-order chi connectivity index (χ0) is 21.3. The van der Waals surface area contributed by atoms with Crippen molar-refractivity contribution in [1.82, 2.24) is 10.1 Å². The third kappa shape index (κ3) is 4.04. The standard InChI is InChI=1S/C20H16ClN3O4S2/c1-12-18(30(25,26)24-14-8-9-16(27-2)15(21)10-14)11-17(29-12)20-22-19(23-28-20)13-6-4-3-5-7-13/h3-11,24H,1-2H3. The molecule has 1 N–H and O–H groups in total. The fraction of sp³-hybridized carbons (Fsp3) is 0.100. The molecule has 2 aromatic heterocycles. The molecule has 0 radical (unpaired) electrons. The van der Waals surface area contributed by atoms with Gasteiger partial charge in [0.15, 0.2) is 0 Å². The minimum atomic E-state index is -3.84. The highest BCUT2D eigenvalue weighted by molar-refractivity contribution is 7.93. The molecule has 0 saturated heterocycles. The van der Waals surface area contributed by atoms with Gasteiger partial charge in [-0.25, -0.2) is 8.42 Å². The van der Waals surface area contributed by atoms with Crippen molar-refractivity contribution >= 4 is 38.6 Å². The molecule has 2 heterocycles. The van der Waals surface area contributed by atoms with Gasteiger partial charge in [0.2, 0.25) is 5.82 Å². The SMILES string of the molecule is COc1ccc(NS(=O)(=O)c2cc(-c3nc(-c4ccccc4)no3)sc2C)cc1Cl. The molecule has 154 valence electrons. The Hall–Kier alpha value is -2.88. The summed E-state index contributed by atoms with van der Waals surface area (Å²) in [4.78, 5) is 5.68. The topological polar surface area (TPSA) is 94.3 Å². The predicted molar refractivity (Wildman–Crippen MR) is 117 cm³/mol. The molecule has 0 atom stereocenters. The van der Waals surface area contributed by atoms with Crippen molar-refractivity contribution in [3.05, 3.63) is 64.5 Å². The van der Waals surface area contributed by atoms with Crippen LogP contribution in [0.25, 0.3) is 22.2 Å². The maximum atomic E-state index is 12.9. The zero-order valence-corrected chi connectivity index (χ0v) is 18.3. The molecular weight excluding hydrogens is 446 g/mol. The van der Waals surface area contributed by atoms with Crippen LogP contribution in [-0.2, 0) is 10.0 Å². The molecule has 30 heavy (non-hydrogen) atoms. The van der Waals surface area contributed by atoms with Gasteiger partial charge in [-0.2, -0.15) is 4.98 Å². The Morgan fingerprint density at radius 3 is 2.60 bits per heavy atom. The minimum absolute atomic E-state index is 0.133. The van der Waals surface area contributed by atoms with E-state index in [0.717, 1.165) is 5.56 Å². The maximum absolute atomic E-state index is 12.9. The first-order valence-electron chi connectivity index (χ1n) is 8.73. The van der Waals surface area contributed by atoms with Crippen molar-refractivity contribution < 1.29 is 17.7 Å². The third-order valence-electron chi connectivity index (χ3n) is 4.23. The Bertz CT molecular complexity index is 1300. The second-order valence-corrected chi connectivity index (χ2v) is 9.59. The molecule has 4 aromatic rings. The van der Waals surface area contributed by atoms with Crippen LogP contribution < -0.4 is 9.46 Å². The number of methoxy groups -OCH3 is 1. The molecule has 0 saturated carbocycles. The summed E-state index contributed by atoms with van der Waals surface area (Å²) < 4.78 is 38.8. The van der Waals surface area contributed by atoms with Gasteiger partial charge in [0.1, 0.15) is 10.6 Å². The molecule has 0 amide bonds. The van der Waals surface area contributed by atoms with Crippen LogP contribution in [-0.4, -0.2) is 25.7 Å². The van der Waals surface area contributed by atoms with Crippen LogP contribution in [0, 0.1) is 6.92 Å². The van der Waals surface area contributed by atoms with Crippen LogP contribution in [0.4, 0.5) is 5.69 Å². The number of nitrogens with one attached hydrogen (secondary N) is 1. The van der Waals surface area contributed by atoms with Crippen molar-refractivity contribution in [2.75, 3.05) is 11.8 Å². The number of rotatable bonds is 6. The van der Waals surface area contributed by atoms with E-state index in [1.54, 1.807) is 19.1 Å². The lowest BCUT2D eigenvalue weighted by atomic mass is 10.2. The number of aryl methyl sites for hydroxylation is 1. The molecule has 0 aliphatic carbocycles. The molecule has 0 bridgehead atoms. The Balaban J connectivity index is 1.62. The van der Waals surface area contributed by atoms with Crippen LogP contribution in [0.15, 0.2) is 64.0 Å². The zero-order valence-electron chi connectivity index (χ0n) is 15.9. The van der Waals surface area contributed by atoms with Gasteiger partial charge in [-0.05, 0) is 31.2 Å². The smallest absolute Gasteiger partial charge is 0.268 e. The lowest BCUT2D eigenvalue weighted by Gasteiger charge is -2.09. The van der Waals surface area contributed by atoms with E-state index >= 15 is 0 Å². The van der Waals surface area contributed by atoms with Crippen LogP contribution in [0.2, 0.25) is 5.02 Å². The van der Waals surface area contributed by atoms with Gasteiger partial charge >= 0.3 is 0 Å². The first kappa shape index (κ1) is 20.4. The van der Waals surface area contributed by atoms with E-state index in [2.05, 4.69) is 14.9 Å². The maximum Gasteiger partial charge on any atom is 0.268 e. The van der Waals surface area contributed by atoms with E-state index in [9.17, 15) is 8.42 Å². The van der Waals surface area contributed by atoms with Crippen molar-refractivity contribution in [1.29, 1.82) is 0 Å². The predicted octanol–water partition coefficient (Wildman–Crippen LogP) is 5.24. The number of aromatic nitrogens is 2. The van der Waals surface area contributed by atoms with Gasteiger partial charge < -0.3 is 9.26 Å². The van der Waals surface area contributed by atoms with E-state index in [-0.39, 0.29) is 10.8 Å². The van der Waals surface area contributed by atoms with E-state index in [1.807, 2.05) is 30.3 Å². The van der Waals surface area contributed by atoms with Crippen molar-refractivity contribution in [3.63, 3.8) is 0 Å². The molecule has 2 aromatic carbocycles. The van der Waals surface area contributed by atoms with Crippen LogP contribution in [0.1, 0.15) is 4.88 Å². The average molecular weight is 462 g/mol. The van der Waals surface area contributed by atoms with Gasteiger partial charge in [0.25, 0.3) is 15.9 Å². The molecule has 0 unspecified atom stereocenters. The molecule has 7 nitrogen and oxygen atoms in total. The number of benzene rings is 2. The Morgan fingerprint density at radius 2 is 1.90 bits per heavy atom. The number of hydrogen-bond donors (Lipinski definition) is 1. The normalized spacial score (nSPS) is 11.4. The van der Waals surface area contributed by atoms with Gasteiger partial charge in [-0.15, -0.1) is 11.3 Å². The number of sulfonamides is 1. The van der Waals surface area contributed by atoms with Crippen LogP contribution in [0.5, 0.6) is 5.75 Å². The summed E-state index contributed by atoms with van der Waals surface area (Å²) in [6, 6.07) is 15.6. The lowest BCUT2D eigenvalue weighted by molar-refractivity contribution is 0.415. The van der Waals surface area contributed by atoms with Gasteiger partial charge in [0.05, 0.1) is 22.7 Å². The van der Waals surface area contributed by atoms with E-state index < -0.39 is 10.0 Å². The highest BCUT2D eigenvalue weighted by atomic mass is 35.5. The Kier molecular flexibility index (Phi) is 5.50. The third-order valence-corrected chi connectivity index (χ3v) is 7.21. The number of thiophene rings is 1. The van der Waals surface area contributed by atoms with Crippen LogP contribution >= 0.6 is 22.9 Å². The molecule has 4 rings (SSSR count). The molecule has 0 spiro atoms. The molecule has 10 heteroatoms. The first-order chi connectivity index (χ1) is 14.4. The molecule has 0 aliphatic heterocycles. The van der Waals surface area contributed by atoms with E-state index in [0.29, 0.717) is 32.0 Å². The molecule has 0 fully saturated rings. The number of anilines is 1. The summed E-state index contributed by atoms with van der Waals surface area (Å²) in [5, 5.41) is 4.29. The summed E-state index contributed by atoms with van der Waals surface area (Å²) in [6.07, 6.45) is 0. The molecule has 0 aliphatic rings. The second-order valence-electron chi connectivity index (χ2n) is 6.28. The molecular formula is C20H16ClN3O4S2. The fourth-order valence-electron chi connectivity index (χ4n) is 2.81. The monoisotopic (exact) mass is 461 g/mol. The van der Waals surface area contributed by atoms with Crippen molar-refractivity contribution in [2.24, 2.45) is 0 Å². The van der Waals surface area contributed by atoms with Crippen molar-refractivity contribution in [3.8, 4) is 27.9 Å². The summed E-state index contributed by atoms with van der Waals surface area (Å²) in [7, 11) is -2.35. The van der Waals surface area contributed by atoms with Gasteiger partial charge in [-0.3, -0.25) is 4.72 Å². The summed E-state index contributed by atoms with van der Waals surface area (Å²) in [6.45, 7) is 1.72. The Morgan fingerprint density at radius 1 is 1.13 bits per heavy atom. The number of nitrogens with zero attached hydrogens (tertiary/aromatic N) is 2. The average Bonchev–Trinajstić information content (AvgIpc) is 3.36. The van der Waals surface area contributed by atoms with Gasteiger partial charge in [0, 0.05) is 10.4 Å². The quantitative estimate of drug-likeness (QED) is 0.422. The largest absolute Gasteiger partial charge is 0.495 e. The van der Waals surface area contributed by atoms with Gasteiger partial charge in [-0.1, -0.05) is 47.1 Å². The number of ether oxygens (including phenoxy) is 1. The minimum Gasteiger partial charge on any atom is -0.495 e. The Labute approximate surface area is 182 Å². The number of halogens is 1. The van der Waals surface area contributed by atoms with Crippen molar-refractivity contribution in [2.45, 2.75) is 11.8 Å². The first-order valence-corrected chi connectivity index (χ1v) is 11.4. The van der Waals surface area contributed by atoms with E-state index in [4.69, 9.17) is 20.9 Å². The summed E-state index contributed by atoms with van der Waals surface area (Å²) in [5.74, 6) is 1.15. The highest BCUT2D eigenvalue weighted by Crippen LogP contribution is 2.35. The highest BCUT2D eigenvalue weighted by Gasteiger charge is 2.23. The second kappa shape index (κ2) is 8.10. The van der Waals surface area contributed by atoms with E-state index in [1.165, 1.54) is 30.6 Å². The fourth-order valence-corrected chi connectivity index (χ4v) is 5.63. The lowest BCUT2D eigenvalue weighted by Crippen LogP contribution is -2.13. The number of hydrogen-bond acceptors (Lipinski definition) is 7.